The molecule has 7 heteroatoms. The Balaban J connectivity index is 1.58. The molecular formula is C26H21ClFN5. The molecule has 0 unspecified atom stereocenters. The van der Waals surface area contributed by atoms with Gasteiger partial charge in [0.05, 0.1) is 17.1 Å². The highest BCUT2D eigenvalue weighted by atomic mass is 35.5. The Morgan fingerprint density at radius 3 is 2.61 bits per heavy atom. The van der Waals surface area contributed by atoms with Gasteiger partial charge in [-0.1, -0.05) is 36.7 Å². The monoisotopic (exact) mass is 457 g/mol. The number of rotatable bonds is 6. The normalized spacial score (nSPS) is 11.1. The summed E-state index contributed by atoms with van der Waals surface area (Å²) in [5.74, 6) is 0.197. The Kier molecular flexibility index (Phi) is 5.75. The lowest BCUT2D eigenvalue weighted by molar-refractivity contribution is 0.628. The van der Waals surface area contributed by atoms with Crippen molar-refractivity contribution in [3.05, 3.63) is 101 Å². The van der Waals surface area contributed by atoms with Crippen LogP contribution in [0, 0.1) is 5.82 Å². The van der Waals surface area contributed by atoms with E-state index in [1.807, 2.05) is 40.9 Å². The van der Waals surface area contributed by atoms with Gasteiger partial charge in [-0.3, -0.25) is 4.40 Å². The van der Waals surface area contributed by atoms with E-state index in [4.69, 9.17) is 21.6 Å². The molecule has 0 amide bonds. The Hall–Kier alpha value is -3.77. The predicted octanol–water partition coefficient (Wildman–Crippen LogP) is 6.43. The van der Waals surface area contributed by atoms with Gasteiger partial charge in [-0.25, -0.2) is 19.3 Å². The van der Waals surface area contributed by atoms with Gasteiger partial charge in [-0.15, -0.1) is 0 Å². The zero-order valence-electron chi connectivity index (χ0n) is 18.0. The molecular weight excluding hydrogens is 437 g/mol. The van der Waals surface area contributed by atoms with Crippen LogP contribution < -0.4 is 5.32 Å². The first-order chi connectivity index (χ1) is 16.1. The molecule has 0 aliphatic heterocycles. The number of aromatic nitrogens is 4. The second-order valence-electron chi connectivity index (χ2n) is 7.64. The third-order valence-corrected chi connectivity index (χ3v) is 5.88. The van der Waals surface area contributed by atoms with E-state index in [2.05, 4.69) is 29.4 Å². The quantitative estimate of drug-likeness (QED) is 0.319. The van der Waals surface area contributed by atoms with Crippen molar-refractivity contribution < 1.29 is 4.39 Å². The molecule has 0 saturated carbocycles. The SMILES string of the molecule is CCc1ccn2c(-c3ccnc(NCc4ccccc4Cl)n3)c(-c3ccc(F)cc3)nc2c1. The molecule has 1 N–H and O–H groups in total. The molecule has 5 nitrogen and oxygen atoms in total. The molecule has 3 aromatic heterocycles. The number of nitrogens with one attached hydrogen (secondary N) is 1. The maximum absolute atomic E-state index is 13.6. The van der Waals surface area contributed by atoms with E-state index < -0.39 is 0 Å². The average molecular weight is 458 g/mol. The Labute approximate surface area is 195 Å². The van der Waals surface area contributed by atoms with Crippen molar-refractivity contribution in [3.8, 4) is 22.6 Å². The van der Waals surface area contributed by atoms with Crippen LogP contribution in [-0.2, 0) is 13.0 Å². The third kappa shape index (κ3) is 4.30. The van der Waals surface area contributed by atoms with E-state index in [-0.39, 0.29) is 5.82 Å². The summed E-state index contributed by atoms with van der Waals surface area (Å²) in [5.41, 5.74) is 6.05. The zero-order chi connectivity index (χ0) is 22.8. The third-order valence-electron chi connectivity index (χ3n) is 5.51. The summed E-state index contributed by atoms with van der Waals surface area (Å²) in [7, 11) is 0. The molecule has 5 aromatic rings. The fourth-order valence-electron chi connectivity index (χ4n) is 3.75. The van der Waals surface area contributed by atoms with Crippen LogP contribution in [0.2, 0.25) is 5.02 Å². The number of pyridine rings is 1. The van der Waals surface area contributed by atoms with Gasteiger partial charge in [0.15, 0.2) is 0 Å². The smallest absolute Gasteiger partial charge is 0.223 e. The summed E-state index contributed by atoms with van der Waals surface area (Å²) in [6, 6.07) is 20.0. The lowest BCUT2D eigenvalue weighted by atomic mass is 10.1. The summed E-state index contributed by atoms with van der Waals surface area (Å²) in [6.45, 7) is 2.61. The molecule has 33 heavy (non-hydrogen) atoms. The Morgan fingerprint density at radius 2 is 1.82 bits per heavy atom. The van der Waals surface area contributed by atoms with Crippen LogP contribution in [0.25, 0.3) is 28.3 Å². The van der Waals surface area contributed by atoms with Gasteiger partial charge in [-0.05, 0) is 66.1 Å². The number of imidazole rings is 1. The molecule has 0 saturated heterocycles. The highest BCUT2D eigenvalue weighted by molar-refractivity contribution is 6.31. The highest BCUT2D eigenvalue weighted by Gasteiger charge is 2.18. The first-order valence-electron chi connectivity index (χ1n) is 10.7. The number of halogens is 2. The van der Waals surface area contributed by atoms with Crippen molar-refractivity contribution in [3.63, 3.8) is 0 Å². The molecule has 0 atom stereocenters. The lowest BCUT2D eigenvalue weighted by Crippen LogP contribution is -2.05. The van der Waals surface area contributed by atoms with E-state index in [0.717, 1.165) is 34.6 Å². The number of aryl methyl sites for hydroxylation is 1. The van der Waals surface area contributed by atoms with Crippen LogP contribution in [0.4, 0.5) is 10.3 Å². The molecule has 0 bridgehead atoms. The van der Waals surface area contributed by atoms with Gasteiger partial charge in [0.25, 0.3) is 0 Å². The minimum Gasteiger partial charge on any atom is -0.350 e. The minimum absolute atomic E-state index is 0.287. The molecule has 0 radical (unpaired) electrons. The number of nitrogens with zero attached hydrogens (tertiary/aromatic N) is 4. The zero-order valence-corrected chi connectivity index (χ0v) is 18.7. The van der Waals surface area contributed by atoms with E-state index >= 15 is 0 Å². The largest absolute Gasteiger partial charge is 0.350 e. The highest BCUT2D eigenvalue weighted by Crippen LogP contribution is 2.32. The van der Waals surface area contributed by atoms with E-state index in [9.17, 15) is 4.39 Å². The van der Waals surface area contributed by atoms with Crippen molar-refractivity contribution in [1.29, 1.82) is 0 Å². The van der Waals surface area contributed by atoms with E-state index in [0.29, 0.717) is 23.2 Å². The summed E-state index contributed by atoms with van der Waals surface area (Å²) < 4.78 is 15.6. The maximum atomic E-state index is 13.6. The van der Waals surface area contributed by atoms with Gasteiger partial charge in [0.1, 0.15) is 11.5 Å². The summed E-state index contributed by atoms with van der Waals surface area (Å²) in [4.78, 5) is 14.0. The second-order valence-corrected chi connectivity index (χ2v) is 8.05. The van der Waals surface area contributed by atoms with Crippen LogP contribution in [0.1, 0.15) is 18.1 Å². The van der Waals surface area contributed by atoms with E-state index in [1.165, 1.54) is 17.7 Å². The molecule has 0 spiro atoms. The number of fused-ring (bicyclic) bond motifs is 1. The molecule has 5 rings (SSSR count). The fourth-order valence-corrected chi connectivity index (χ4v) is 3.95. The predicted molar refractivity (Wildman–Crippen MR) is 130 cm³/mol. The Morgan fingerprint density at radius 1 is 1.00 bits per heavy atom. The fraction of sp³-hybridized carbons (Fsp3) is 0.115. The maximum Gasteiger partial charge on any atom is 0.223 e. The molecule has 0 aliphatic carbocycles. The van der Waals surface area contributed by atoms with Gasteiger partial charge in [0.2, 0.25) is 5.95 Å². The summed E-state index contributed by atoms with van der Waals surface area (Å²) >= 11 is 6.27. The number of hydrogen-bond donors (Lipinski definition) is 1. The Bertz CT molecular complexity index is 1430. The van der Waals surface area contributed by atoms with Crippen LogP contribution in [-0.4, -0.2) is 19.4 Å². The molecule has 2 aromatic carbocycles. The van der Waals surface area contributed by atoms with Crippen molar-refractivity contribution in [2.45, 2.75) is 19.9 Å². The van der Waals surface area contributed by atoms with Crippen LogP contribution in [0.3, 0.4) is 0 Å². The first kappa shape index (κ1) is 21.1. The van der Waals surface area contributed by atoms with Crippen molar-refractivity contribution in [1.82, 2.24) is 19.4 Å². The van der Waals surface area contributed by atoms with Crippen molar-refractivity contribution in [2.75, 3.05) is 5.32 Å². The van der Waals surface area contributed by atoms with Crippen LogP contribution in [0.5, 0.6) is 0 Å². The molecule has 0 aliphatic rings. The van der Waals surface area contributed by atoms with Crippen molar-refractivity contribution in [2.24, 2.45) is 0 Å². The molecule has 0 fully saturated rings. The molecule has 3 heterocycles. The second kappa shape index (κ2) is 9.00. The first-order valence-corrected chi connectivity index (χ1v) is 11.1. The van der Waals surface area contributed by atoms with Gasteiger partial charge in [0, 0.05) is 29.5 Å². The number of anilines is 1. The average Bonchev–Trinajstić information content (AvgIpc) is 3.23. The van der Waals surface area contributed by atoms with Crippen LogP contribution >= 0.6 is 11.6 Å². The van der Waals surface area contributed by atoms with Gasteiger partial charge >= 0.3 is 0 Å². The molecule has 164 valence electrons. The van der Waals surface area contributed by atoms with Gasteiger partial charge < -0.3 is 5.32 Å². The minimum atomic E-state index is -0.287. The van der Waals surface area contributed by atoms with Crippen molar-refractivity contribution >= 4 is 23.2 Å². The number of benzene rings is 2. The van der Waals surface area contributed by atoms with E-state index in [1.54, 1.807) is 18.3 Å². The van der Waals surface area contributed by atoms with Crippen LogP contribution in [0.15, 0.2) is 79.1 Å². The topological polar surface area (TPSA) is 55.1 Å². The number of hydrogen-bond acceptors (Lipinski definition) is 4. The summed E-state index contributed by atoms with van der Waals surface area (Å²) in [5, 5.41) is 3.94. The summed E-state index contributed by atoms with van der Waals surface area (Å²) in [6.07, 6.45) is 4.63. The lowest BCUT2D eigenvalue weighted by Gasteiger charge is -2.09. The standard InChI is InChI=1S/C26H21ClFN5/c1-2-17-12-14-33-23(15-17)32-24(18-7-9-20(28)10-8-18)25(33)22-11-13-29-26(31-22)30-16-19-5-3-4-6-21(19)27/h3-15H,2,16H2,1H3,(H,29,30,31). The van der Waals surface area contributed by atoms with Gasteiger partial charge in [-0.2, -0.15) is 0 Å².